The predicted octanol–water partition coefficient (Wildman–Crippen LogP) is 6.12. The average molecular weight is 318 g/mol. The number of amides is 1. The average Bonchev–Trinajstić information content (AvgIpc) is 2.44. The van der Waals surface area contributed by atoms with Crippen molar-refractivity contribution in [2.75, 3.05) is 4.90 Å². The molecule has 0 fully saturated rings. The molecule has 1 aromatic carbocycles. The van der Waals surface area contributed by atoms with Crippen LogP contribution in [0.3, 0.4) is 0 Å². The van der Waals surface area contributed by atoms with Gasteiger partial charge in [0, 0.05) is 18.2 Å². The second kappa shape index (κ2) is 9.10. The number of carbonyl (C=O) groups excluding carboxylic acids is 1. The van der Waals surface area contributed by atoms with E-state index in [2.05, 4.69) is 70.7 Å². The second-order valence-electron chi connectivity index (χ2n) is 7.90. The van der Waals surface area contributed by atoms with Crippen molar-refractivity contribution in [1.82, 2.24) is 0 Å². The molecule has 1 unspecified atom stereocenters. The fourth-order valence-corrected chi connectivity index (χ4v) is 3.02. The van der Waals surface area contributed by atoms with E-state index < -0.39 is 0 Å². The first-order chi connectivity index (χ1) is 10.8. The summed E-state index contributed by atoms with van der Waals surface area (Å²) >= 11 is 0. The van der Waals surface area contributed by atoms with Crippen LogP contribution < -0.4 is 4.90 Å². The first-order valence-corrected chi connectivity index (χ1v) is 9.17. The molecule has 0 bridgehead atoms. The minimum Gasteiger partial charge on any atom is -0.309 e. The van der Waals surface area contributed by atoms with Gasteiger partial charge in [0.15, 0.2) is 0 Å². The van der Waals surface area contributed by atoms with E-state index in [9.17, 15) is 4.79 Å². The Kier molecular flexibility index (Phi) is 7.81. The van der Waals surface area contributed by atoms with Gasteiger partial charge in [-0.25, -0.2) is 0 Å². The number of carbonyl (C=O) groups is 1. The number of rotatable bonds is 8. The number of hydrogen-bond donors (Lipinski definition) is 0. The summed E-state index contributed by atoms with van der Waals surface area (Å²) < 4.78 is 0. The van der Waals surface area contributed by atoms with Crippen LogP contribution in [0.1, 0.15) is 78.7 Å². The lowest BCUT2D eigenvalue weighted by molar-refractivity contribution is -0.120. The van der Waals surface area contributed by atoms with Gasteiger partial charge in [-0.2, -0.15) is 0 Å². The summed E-state index contributed by atoms with van der Waals surface area (Å²) in [7, 11) is 0. The Balaban J connectivity index is 3.06. The highest BCUT2D eigenvalue weighted by Gasteiger charge is 2.27. The standard InChI is InChI=1S/C21H35NO/c1-7-9-10-13-18(8-2)22(20(23)16-21(4,5)6)19-14-11-12-17(3)15-19/h11-12,14-15,18H,7-10,13,16H2,1-6H3. The van der Waals surface area contributed by atoms with Gasteiger partial charge in [-0.3, -0.25) is 4.79 Å². The lowest BCUT2D eigenvalue weighted by Crippen LogP contribution is -2.41. The highest BCUT2D eigenvalue weighted by Crippen LogP contribution is 2.28. The predicted molar refractivity (Wildman–Crippen MR) is 101 cm³/mol. The van der Waals surface area contributed by atoms with Gasteiger partial charge in [0.1, 0.15) is 0 Å². The number of unbranched alkanes of at least 4 members (excludes halogenated alkanes) is 2. The number of hydrogen-bond acceptors (Lipinski definition) is 1. The van der Waals surface area contributed by atoms with E-state index in [0.29, 0.717) is 12.5 Å². The van der Waals surface area contributed by atoms with Crippen LogP contribution in [0, 0.1) is 12.3 Å². The minimum absolute atomic E-state index is 0.0148. The third kappa shape index (κ3) is 6.76. The van der Waals surface area contributed by atoms with Gasteiger partial charge < -0.3 is 4.90 Å². The molecule has 0 heterocycles. The number of benzene rings is 1. The van der Waals surface area contributed by atoms with E-state index >= 15 is 0 Å². The zero-order valence-electron chi connectivity index (χ0n) is 16.0. The van der Waals surface area contributed by atoms with E-state index in [1.165, 1.54) is 24.8 Å². The first-order valence-electron chi connectivity index (χ1n) is 9.17. The van der Waals surface area contributed by atoms with Gasteiger partial charge in [-0.15, -0.1) is 0 Å². The van der Waals surface area contributed by atoms with Crippen molar-refractivity contribution in [3.05, 3.63) is 29.8 Å². The van der Waals surface area contributed by atoms with Crippen LogP contribution in [-0.4, -0.2) is 11.9 Å². The summed E-state index contributed by atoms with van der Waals surface area (Å²) in [5, 5.41) is 0. The number of nitrogens with zero attached hydrogens (tertiary/aromatic N) is 1. The fraction of sp³-hybridized carbons (Fsp3) is 0.667. The molecular formula is C21H35NO. The van der Waals surface area contributed by atoms with Crippen LogP contribution in [0.15, 0.2) is 24.3 Å². The molecule has 0 aromatic heterocycles. The Morgan fingerprint density at radius 3 is 2.39 bits per heavy atom. The summed E-state index contributed by atoms with van der Waals surface area (Å²) in [6, 6.07) is 8.67. The molecule has 1 aromatic rings. The van der Waals surface area contributed by atoms with Crippen LogP contribution in [0.5, 0.6) is 0 Å². The molecule has 0 saturated carbocycles. The lowest BCUT2D eigenvalue weighted by Gasteiger charge is -2.34. The van der Waals surface area contributed by atoms with Crippen LogP contribution in [0.25, 0.3) is 0 Å². The van der Waals surface area contributed by atoms with E-state index in [-0.39, 0.29) is 11.3 Å². The molecule has 0 spiro atoms. The summed E-state index contributed by atoms with van der Waals surface area (Å²) in [4.78, 5) is 15.1. The maximum atomic E-state index is 13.0. The highest BCUT2D eigenvalue weighted by atomic mass is 16.2. The molecule has 0 saturated heterocycles. The Hall–Kier alpha value is -1.31. The maximum absolute atomic E-state index is 13.0. The van der Waals surface area contributed by atoms with Gasteiger partial charge in [-0.05, 0) is 42.9 Å². The van der Waals surface area contributed by atoms with Crippen LogP contribution in [0.4, 0.5) is 5.69 Å². The number of anilines is 1. The van der Waals surface area contributed by atoms with Crippen molar-refractivity contribution in [1.29, 1.82) is 0 Å². The molecule has 0 N–H and O–H groups in total. The molecule has 0 aliphatic carbocycles. The third-order valence-corrected chi connectivity index (χ3v) is 4.21. The fourth-order valence-electron chi connectivity index (χ4n) is 3.02. The minimum atomic E-state index is 0.0148. The Labute approximate surface area is 143 Å². The lowest BCUT2D eigenvalue weighted by atomic mass is 9.90. The molecule has 0 aliphatic heterocycles. The maximum Gasteiger partial charge on any atom is 0.227 e. The van der Waals surface area contributed by atoms with E-state index in [0.717, 1.165) is 18.5 Å². The molecular weight excluding hydrogens is 282 g/mol. The quantitative estimate of drug-likeness (QED) is 0.529. The topological polar surface area (TPSA) is 20.3 Å². The molecule has 2 heteroatoms. The van der Waals surface area contributed by atoms with Crippen LogP contribution >= 0.6 is 0 Å². The second-order valence-corrected chi connectivity index (χ2v) is 7.90. The van der Waals surface area contributed by atoms with Crippen molar-refractivity contribution in [3.63, 3.8) is 0 Å². The van der Waals surface area contributed by atoms with Crippen molar-refractivity contribution >= 4 is 11.6 Å². The van der Waals surface area contributed by atoms with Gasteiger partial charge in [0.05, 0.1) is 0 Å². The zero-order chi connectivity index (χ0) is 17.5. The zero-order valence-corrected chi connectivity index (χ0v) is 16.0. The van der Waals surface area contributed by atoms with Crippen molar-refractivity contribution in [2.45, 2.75) is 86.1 Å². The monoisotopic (exact) mass is 317 g/mol. The first kappa shape index (κ1) is 19.7. The third-order valence-electron chi connectivity index (χ3n) is 4.21. The van der Waals surface area contributed by atoms with Crippen molar-refractivity contribution in [2.24, 2.45) is 5.41 Å². The molecule has 23 heavy (non-hydrogen) atoms. The van der Waals surface area contributed by atoms with E-state index in [4.69, 9.17) is 0 Å². The van der Waals surface area contributed by atoms with Gasteiger partial charge in [-0.1, -0.05) is 66.0 Å². The molecule has 2 nitrogen and oxygen atoms in total. The van der Waals surface area contributed by atoms with Crippen LogP contribution in [0.2, 0.25) is 0 Å². The van der Waals surface area contributed by atoms with Crippen molar-refractivity contribution in [3.8, 4) is 0 Å². The Bertz CT molecular complexity index is 487. The smallest absolute Gasteiger partial charge is 0.227 e. The highest BCUT2D eigenvalue weighted by molar-refractivity contribution is 5.94. The Morgan fingerprint density at radius 1 is 1.17 bits per heavy atom. The Morgan fingerprint density at radius 2 is 1.87 bits per heavy atom. The molecule has 1 atom stereocenters. The van der Waals surface area contributed by atoms with Crippen LogP contribution in [-0.2, 0) is 4.79 Å². The summed E-state index contributed by atoms with van der Waals surface area (Å²) in [6.07, 6.45) is 6.34. The molecule has 130 valence electrons. The van der Waals surface area contributed by atoms with Gasteiger partial charge >= 0.3 is 0 Å². The van der Waals surface area contributed by atoms with Gasteiger partial charge in [0.2, 0.25) is 5.91 Å². The van der Waals surface area contributed by atoms with E-state index in [1.807, 2.05) is 0 Å². The molecule has 0 radical (unpaired) electrons. The summed E-state index contributed by atoms with van der Waals surface area (Å²) in [6.45, 7) is 12.9. The molecule has 1 rings (SSSR count). The molecule has 1 amide bonds. The van der Waals surface area contributed by atoms with E-state index in [1.54, 1.807) is 0 Å². The SMILES string of the molecule is CCCCCC(CC)N(C(=O)CC(C)(C)C)c1cccc(C)c1. The largest absolute Gasteiger partial charge is 0.309 e. The normalized spacial score (nSPS) is 13.0. The van der Waals surface area contributed by atoms with Gasteiger partial charge in [0.25, 0.3) is 0 Å². The van der Waals surface area contributed by atoms with Crippen molar-refractivity contribution < 1.29 is 4.79 Å². The number of aryl methyl sites for hydroxylation is 1. The summed E-state index contributed by atoms with van der Waals surface area (Å²) in [5.74, 6) is 0.256. The summed E-state index contributed by atoms with van der Waals surface area (Å²) in [5.41, 5.74) is 2.28. The molecule has 0 aliphatic rings.